The molecular formula is C15H18FIN2O. The summed E-state index contributed by atoms with van der Waals surface area (Å²) in [5, 5.41) is 8.69. The molecule has 0 aliphatic rings. The minimum absolute atomic E-state index is 0.204. The fraction of sp³-hybridized carbons (Fsp3) is 0.467. The van der Waals surface area contributed by atoms with Crippen LogP contribution in [0.25, 0.3) is 0 Å². The maximum absolute atomic E-state index is 13.3. The molecule has 1 aromatic carbocycles. The standard InChI is InChI=1S/C15H18FIN2O/c1-11(2)6-9-19(8-3-7-18)15(20)13-10-12(16)4-5-14(13)17/h4-5,10-11H,3,6,8-9H2,1-2H3. The van der Waals surface area contributed by atoms with Crippen molar-refractivity contribution in [1.82, 2.24) is 4.90 Å². The van der Waals surface area contributed by atoms with E-state index in [0.29, 0.717) is 24.6 Å². The van der Waals surface area contributed by atoms with Gasteiger partial charge in [-0.25, -0.2) is 4.39 Å². The molecule has 0 radical (unpaired) electrons. The Morgan fingerprint density at radius 2 is 2.15 bits per heavy atom. The molecule has 0 aliphatic heterocycles. The second-order valence-electron chi connectivity index (χ2n) is 5.01. The van der Waals surface area contributed by atoms with Crippen LogP contribution in [0.1, 0.15) is 37.0 Å². The van der Waals surface area contributed by atoms with Crippen LogP contribution in [-0.4, -0.2) is 23.9 Å². The Labute approximate surface area is 132 Å². The van der Waals surface area contributed by atoms with Gasteiger partial charge in [-0.05, 0) is 53.1 Å². The fourth-order valence-corrected chi connectivity index (χ4v) is 2.31. The molecular weight excluding hydrogens is 370 g/mol. The van der Waals surface area contributed by atoms with E-state index in [1.54, 1.807) is 11.0 Å². The highest BCUT2D eigenvalue weighted by Crippen LogP contribution is 2.17. The topological polar surface area (TPSA) is 44.1 Å². The minimum Gasteiger partial charge on any atom is -0.338 e. The van der Waals surface area contributed by atoms with Crippen molar-refractivity contribution >= 4 is 28.5 Å². The molecule has 0 aliphatic carbocycles. The first-order chi connectivity index (χ1) is 9.45. The number of nitriles is 1. The van der Waals surface area contributed by atoms with Crippen molar-refractivity contribution < 1.29 is 9.18 Å². The average Bonchev–Trinajstić information content (AvgIpc) is 2.40. The molecule has 0 spiro atoms. The zero-order valence-electron chi connectivity index (χ0n) is 11.7. The molecule has 0 saturated carbocycles. The predicted octanol–water partition coefficient (Wildman–Crippen LogP) is 3.83. The van der Waals surface area contributed by atoms with Gasteiger partial charge in [0, 0.05) is 16.7 Å². The summed E-state index contributed by atoms with van der Waals surface area (Å²) in [5.74, 6) is -0.151. The van der Waals surface area contributed by atoms with Crippen molar-refractivity contribution in [3.63, 3.8) is 0 Å². The van der Waals surface area contributed by atoms with Gasteiger partial charge in [0.25, 0.3) is 5.91 Å². The summed E-state index contributed by atoms with van der Waals surface area (Å²) in [6, 6.07) is 6.24. The van der Waals surface area contributed by atoms with Gasteiger partial charge in [-0.1, -0.05) is 13.8 Å². The Balaban J connectivity index is 2.91. The summed E-state index contributed by atoms with van der Waals surface area (Å²) < 4.78 is 14.0. The van der Waals surface area contributed by atoms with Crippen molar-refractivity contribution in [1.29, 1.82) is 5.26 Å². The van der Waals surface area contributed by atoms with E-state index < -0.39 is 5.82 Å². The third kappa shape index (κ3) is 5.08. The van der Waals surface area contributed by atoms with Gasteiger partial charge in [0.1, 0.15) is 5.82 Å². The maximum atomic E-state index is 13.3. The Morgan fingerprint density at radius 3 is 2.75 bits per heavy atom. The number of hydrogen-bond donors (Lipinski definition) is 0. The van der Waals surface area contributed by atoms with Crippen LogP contribution in [0.2, 0.25) is 0 Å². The van der Waals surface area contributed by atoms with Crippen molar-refractivity contribution in [3.05, 3.63) is 33.1 Å². The van der Waals surface area contributed by atoms with Gasteiger partial charge >= 0.3 is 0 Å². The van der Waals surface area contributed by atoms with Crippen LogP contribution in [0.4, 0.5) is 4.39 Å². The molecule has 0 bridgehead atoms. The monoisotopic (exact) mass is 388 g/mol. The average molecular weight is 388 g/mol. The van der Waals surface area contributed by atoms with E-state index in [-0.39, 0.29) is 12.3 Å². The predicted molar refractivity (Wildman–Crippen MR) is 84.7 cm³/mol. The van der Waals surface area contributed by atoms with Crippen LogP contribution >= 0.6 is 22.6 Å². The van der Waals surface area contributed by atoms with Crippen molar-refractivity contribution in [2.75, 3.05) is 13.1 Å². The van der Waals surface area contributed by atoms with E-state index in [9.17, 15) is 9.18 Å². The summed E-state index contributed by atoms with van der Waals surface area (Å²) in [6.45, 7) is 5.14. The normalized spacial score (nSPS) is 10.4. The first kappa shape index (κ1) is 16.9. The molecule has 0 atom stereocenters. The first-order valence-electron chi connectivity index (χ1n) is 6.57. The lowest BCUT2D eigenvalue weighted by atomic mass is 10.1. The molecule has 20 heavy (non-hydrogen) atoms. The smallest absolute Gasteiger partial charge is 0.255 e. The number of halogens is 2. The number of hydrogen-bond acceptors (Lipinski definition) is 2. The molecule has 1 rings (SSSR count). The highest BCUT2D eigenvalue weighted by molar-refractivity contribution is 14.1. The maximum Gasteiger partial charge on any atom is 0.255 e. The lowest BCUT2D eigenvalue weighted by Gasteiger charge is -2.23. The second-order valence-corrected chi connectivity index (χ2v) is 6.17. The number of benzene rings is 1. The Morgan fingerprint density at radius 1 is 1.45 bits per heavy atom. The highest BCUT2D eigenvalue weighted by Gasteiger charge is 2.18. The molecule has 108 valence electrons. The van der Waals surface area contributed by atoms with E-state index in [2.05, 4.69) is 13.8 Å². The quantitative estimate of drug-likeness (QED) is 0.696. The molecule has 0 aromatic heterocycles. The molecule has 0 unspecified atom stereocenters. The Bertz CT molecular complexity index is 511. The van der Waals surface area contributed by atoms with Crippen LogP contribution < -0.4 is 0 Å². The van der Waals surface area contributed by atoms with E-state index in [4.69, 9.17) is 5.26 Å². The second kappa shape index (κ2) is 8.20. The molecule has 1 amide bonds. The number of carbonyl (C=O) groups is 1. The zero-order valence-corrected chi connectivity index (χ0v) is 13.9. The summed E-state index contributed by atoms with van der Waals surface area (Å²) in [5.41, 5.74) is 0.368. The van der Waals surface area contributed by atoms with Gasteiger partial charge in [0.05, 0.1) is 18.1 Å². The van der Waals surface area contributed by atoms with E-state index >= 15 is 0 Å². The van der Waals surface area contributed by atoms with Gasteiger partial charge in [-0.3, -0.25) is 4.79 Å². The molecule has 0 fully saturated rings. The molecule has 0 heterocycles. The van der Waals surface area contributed by atoms with Gasteiger partial charge in [0.2, 0.25) is 0 Å². The first-order valence-corrected chi connectivity index (χ1v) is 7.65. The van der Waals surface area contributed by atoms with Crippen LogP contribution in [0.5, 0.6) is 0 Å². The summed E-state index contributed by atoms with van der Waals surface area (Å²) in [6.07, 6.45) is 1.15. The largest absolute Gasteiger partial charge is 0.338 e. The third-order valence-corrected chi connectivity index (χ3v) is 3.86. The molecule has 0 N–H and O–H groups in total. The van der Waals surface area contributed by atoms with Crippen molar-refractivity contribution in [2.45, 2.75) is 26.7 Å². The summed E-state index contributed by atoms with van der Waals surface area (Å²) in [4.78, 5) is 14.1. The zero-order chi connectivity index (χ0) is 15.1. The number of carbonyl (C=O) groups excluding carboxylic acids is 1. The van der Waals surface area contributed by atoms with Crippen LogP contribution in [0.3, 0.4) is 0 Å². The SMILES string of the molecule is CC(C)CCN(CCC#N)C(=O)c1cc(F)ccc1I. The third-order valence-electron chi connectivity index (χ3n) is 2.92. The van der Waals surface area contributed by atoms with Gasteiger partial charge in [0.15, 0.2) is 0 Å². The van der Waals surface area contributed by atoms with Crippen LogP contribution in [0.15, 0.2) is 18.2 Å². The highest BCUT2D eigenvalue weighted by atomic mass is 127. The van der Waals surface area contributed by atoms with Crippen LogP contribution in [-0.2, 0) is 0 Å². The minimum atomic E-state index is -0.419. The molecule has 3 nitrogen and oxygen atoms in total. The number of rotatable bonds is 6. The van der Waals surface area contributed by atoms with Gasteiger partial charge in [-0.2, -0.15) is 5.26 Å². The van der Waals surface area contributed by atoms with E-state index in [1.165, 1.54) is 12.1 Å². The number of nitrogens with zero attached hydrogens (tertiary/aromatic N) is 2. The lowest BCUT2D eigenvalue weighted by molar-refractivity contribution is 0.0750. The van der Waals surface area contributed by atoms with Crippen molar-refractivity contribution in [2.24, 2.45) is 5.92 Å². The van der Waals surface area contributed by atoms with Gasteiger partial charge in [-0.15, -0.1) is 0 Å². The summed E-state index contributed by atoms with van der Waals surface area (Å²) in [7, 11) is 0. The summed E-state index contributed by atoms with van der Waals surface area (Å²) >= 11 is 2.03. The Kier molecular flexibility index (Phi) is 6.93. The lowest BCUT2D eigenvalue weighted by Crippen LogP contribution is -2.34. The number of amides is 1. The molecule has 1 aromatic rings. The Hall–Kier alpha value is -1.16. The molecule has 5 heteroatoms. The van der Waals surface area contributed by atoms with E-state index in [0.717, 1.165) is 9.99 Å². The molecule has 0 saturated heterocycles. The van der Waals surface area contributed by atoms with Crippen molar-refractivity contribution in [3.8, 4) is 6.07 Å². The van der Waals surface area contributed by atoms with Gasteiger partial charge < -0.3 is 4.90 Å². The van der Waals surface area contributed by atoms with Crippen LogP contribution in [0, 0.1) is 26.6 Å². The fourth-order valence-electron chi connectivity index (χ4n) is 1.75. The van der Waals surface area contributed by atoms with E-state index in [1.807, 2.05) is 28.7 Å².